The van der Waals surface area contributed by atoms with Crippen LogP contribution in [0.15, 0.2) is 0 Å². The summed E-state index contributed by atoms with van der Waals surface area (Å²) < 4.78 is 14.7. The van der Waals surface area contributed by atoms with Crippen LogP contribution in [0.5, 0.6) is 0 Å². The molecule has 1 heterocycles. The minimum Gasteiger partial charge on any atom is -0.459 e. The first-order valence-electron chi connectivity index (χ1n) is 4.69. The minimum atomic E-state index is -0.725. The van der Waals surface area contributed by atoms with Crippen LogP contribution in [0.4, 0.5) is 0 Å². The van der Waals surface area contributed by atoms with E-state index < -0.39 is 6.29 Å². The second-order valence-corrected chi connectivity index (χ2v) is 2.97. The number of cyclic esters (lactones) is 1. The average Bonchev–Trinajstić information content (AvgIpc) is 2.15. The molecule has 0 aliphatic carbocycles. The van der Waals surface area contributed by atoms with Crippen LogP contribution in [0.1, 0.15) is 26.2 Å². The van der Waals surface area contributed by atoms with E-state index in [-0.39, 0.29) is 25.0 Å². The molecule has 5 heteroatoms. The van der Waals surface area contributed by atoms with Crippen molar-refractivity contribution in [2.45, 2.75) is 32.5 Å². The monoisotopic (exact) mass is 202 g/mol. The Labute approximate surface area is 82.3 Å². The average molecular weight is 202 g/mol. The molecular weight excluding hydrogens is 188 g/mol. The van der Waals surface area contributed by atoms with Crippen LogP contribution in [0.3, 0.4) is 0 Å². The lowest BCUT2D eigenvalue weighted by Gasteiger charge is -2.22. The highest BCUT2D eigenvalue weighted by Gasteiger charge is 2.21. The molecular formula is C9H14O5. The second kappa shape index (κ2) is 5.59. The normalized spacial score (nSPS) is 21.5. The van der Waals surface area contributed by atoms with Crippen LogP contribution in [-0.4, -0.2) is 31.4 Å². The van der Waals surface area contributed by atoms with Gasteiger partial charge < -0.3 is 14.2 Å². The van der Waals surface area contributed by atoms with Crippen molar-refractivity contribution in [1.82, 2.24) is 0 Å². The first-order chi connectivity index (χ1) is 6.72. The third kappa shape index (κ3) is 3.74. The molecule has 1 atom stereocenters. The molecule has 14 heavy (non-hydrogen) atoms. The molecule has 0 aromatic rings. The van der Waals surface area contributed by atoms with E-state index in [2.05, 4.69) is 0 Å². The summed E-state index contributed by atoms with van der Waals surface area (Å²) in [6.07, 6.45) is 0.654. The van der Waals surface area contributed by atoms with Gasteiger partial charge in [-0.2, -0.15) is 0 Å². The third-order valence-corrected chi connectivity index (χ3v) is 1.71. The Morgan fingerprint density at radius 1 is 1.64 bits per heavy atom. The van der Waals surface area contributed by atoms with E-state index in [1.165, 1.54) is 0 Å². The molecule has 0 aromatic heterocycles. The van der Waals surface area contributed by atoms with Gasteiger partial charge in [-0.05, 0) is 6.42 Å². The molecule has 0 N–H and O–H groups in total. The van der Waals surface area contributed by atoms with Crippen molar-refractivity contribution in [2.75, 3.05) is 13.2 Å². The van der Waals surface area contributed by atoms with Gasteiger partial charge in [0.15, 0.2) is 6.61 Å². The molecule has 0 unspecified atom stereocenters. The summed E-state index contributed by atoms with van der Waals surface area (Å²) in [5, 5.41) is 0. The summed E-state index contributed by atoms with van der Waals surface area (Å²) in [4.78, 5) is 21.8. The van der Waals surface area contributed by atoms with Gasteiger partial charge in [0.2, 0.25) is 6.29 Å². The van der Waals surface area contributed by atoms with E-state index in [4.69, 9.17) is 14.2 Å². The first-order valence-corrected chi connectivity index (χ1v) is 4.69. The number of hydrogen-bond acceptors (Lipinski definition) is 5. The van der Waals surface area contributed by atoms with E-state index in [9.17, 15) is 9.59 Å². The van der Waals surface area contributed by atoms with Crippen LogP contribution in [0.25, 0.3) is 0 Å². The Kier molecular flexibility index (Phi) is 4.39. The summed E-state index contributed by atoms with van der Waals surface area (Å²) >= 11 is 0. The highest BCUT2D eigenvalue weighted by Crippen LogP contribution is 2.07. The van der Waals surface area contributed by atoms with Gasteiger partial charge >= 0.3 is 11.9 Å². The molecule has 0 aromatic carbocycles. The number of ether oxygens (including phenoxy) is 3. The second-order valence-electron chi connectivity index (χ2n) is 2.97. The molecule has 0 radical (unpaired) electrons. The van der Waals surface area contributed by atoms with E-state index in [0.29, 0.717) is 13.0 Å². The summed E-state index contributed by atoms with van der Waals surface area (Å²) in [5.74, 6) is -0.606. The largest absolute Gasteiger partial charge is 0.459 e. The molecule has 5 nitrogen and oxygen atoms in total. The maximum atomic E-state index is 10.9. The first kappa shape index (κ1) is 11.0. The zero-order chi connectivity index (χ0) is 10.4. The topological polar surface area (TPSA) is 61.8 Å². The molecule has 1 fully saturated rings. The molecule has 80 valence electrons. The van der Waals surface area contributed by atoms with Gasteiger partial charge in [-0.3, -0.25) is 9.59 Å². The SMILES string of the molecule is CCCC(=O)OC[C@@H]1OCCC(=O)O1. The van der Waals surface area contributed by atoms with Crippen LogP contribution < -0.4 is 0 Å². The van der Waals surface area contributed by atoms with Gasteiger partial charge in [0, 0.05) is 6.42 Å². The molecule has 0 saturated carbocycles. The molecule has 1 aliphatic heterocycles. The molecule has 0 amide bonds. The number of carbonyl (C=O) groups is 2. The Morgan fingerprint density at radius 3 is 3.07 bits per heavy atom. The van der Waals surface area contributed by atoms with E-state index in [1.807, 2.05) is 6.92 Å². The third-order valence-electron chi connectivity index (χ3n) is 1.71. The number of esters is 2. The molecule has 1 rings (SSSR count). The highest BCUT2D eigenvalue weighted by atomic mass is 16.7. The van der Waals surface area contributed by atoms with Gasteiger partial charge in [-0.15, -0.1) is 0 Å². The van der Waals surface area contributed by atoms with E-state index in [0.717, 1.165) is 6.42 Å². The van der Waals surface area contributed by atoms with Crippen LogP contribution >= 0.6 is 0 Å². The van der Waals surface area contributed by atoms with Crippen LogP contribution in [-0.2, 0) is 23.8 Å². The summed E-state index contributed by atoms with van der Waals surface area (Å²) in [5.41, 5.74) is 0. The predicted octanol–water partition coefficient (Wildman–Crippen LogP) is 0.619. The van der Waals surface area contributed by atoms with Crippen molar-refractivity contribution >= 4 is 11.9 Å². The Hall–Kier alpha value is -1.10. The Balaban J connectivity index is 2.17. The number of carbonyl (C=O) groups excluding carboxylic acids is 2. The van der Waals surface area contributed by atoms with Gasteiger partial charge in [0.25, 0.3) is 0 Å². The van der Waals surface area contributed by atoms with E-state index >= 15 is 0 Å². The standard InChI is InChI=1S/C9H14O5/c1-2-3-7(10)13-6-9-12-5-4-8(11)14-9/h9H,2-6H2,1H3/t9-/m1/s1. The Morgan fingerprint density at radius 2 is 2.43 bits per heavy atom. The van der Waals surface area contributed by atoms with Crippen molar-refractivity contribution in [3.05, 3.63) is 0 Å². The fourth-order valence-corrected chi connectivity index (χ4v) is 1.03. The summed E-state index contributed by atoms with van der Waals surface area (Å²) in [6, 6.07) is 0. The summed E-state index contributed by atoms with van der Waals surface area (Å²) in [6.45, 7) is 2.21. The molecule has 0 bridgehead atoms. The number of hydrogen-bond donors (Lipinski definition) is 0. The van der Waals surface area contributed by atoms with Crippen molar-refractivity contribution in [3.63, 3.8) is 0 Å². The fraction of sp³-hybridized carbons (Fsp3) is 0.778. The predicted molar refractivity (Wildman–Crippen MR) is 46.3 cm³/mol. The zero-order valence-electron chi connectivity index (χ0n) is 8.15. The van der Waals surface area contributed by atoms with Crippen molar-refractivity contribution in [3.8, 4) is 0 Å². The highest BCUT2D eigenvalue weighted by molar-refractivity contribution is 5.70. The number of rotatable bonds is 4. The lowest BCUT2D eigenvalue weighted by molar-refractivity contribution is -0.210. The maximum Gasteiger partial charge on any atom is 0.310 e. The van der Waals surface area contributed by atoms with Gasteiger partial charge in [-0.25, -0.2) is 0 Å². The lowest BCUT2D eigenvalue weighted by atomic mass is 10.3. The van der Waals surface area contributed by atoms with Gasteiger partial charge in [0.05, 0.1) is 13.0 Å². The smallest absolute Gasteiger partial charge is 0.310 e. The lowest BCUT2D eigenvalue weighted by Crippen LogP contribution is -2.33. The zero-order valence-corrected chi connectivity index (χ0v) is 8.15. The maximum absolute atomic E-state index is 10.9. The fourth-order valence-electron chi connectivity index (χ4n) is 1.03. The van der Waals surface area contributed by atoms with Gasteiger partial charge in [0.1, 0.15) is 0 Å². The Bertz CT molecular complexity index is 213. The molecule has 0 spiro atoms. The minimum absolute atomic E-state index is 0.00935. The molecule has 1 aliphatic rings. The van der Waals surface area contributed by atoms with Crippen molar-refractivity contribution in [2.24, 2.45) is 0 Å². The van der Waals surface area contributed by atoms with E-state index in [1.54, 1.807) is 0 Å². The van der Waals surface area contributed by atoms with Crippen LogP contribution in [0, 0.1) is 0 Å². The van der Waals surface area contributed by atoms with Crippen molar-refractivity contribution in [1.29, 1.82) is 0 Å². The van der Waals surface area contributed by atoms with Crippen LogP contribution in [0.2, 0.25) is 0 Å². The molecule has 1 saturated heterocycles. The van der Waals surface area contributed by atoms with Gasteiger partial charge in [-0.1, -0.05) is 6.92 Å². The summed E-state index contributed by atoms with van der Waals surface area (Å²) in [7, 11) is 0. The quantitative estimate of drug-likeness (QED) is 0.625. The van der Waals surface area contributed by atoms with Crippen molar-refractivity contribution < 1.29 is 23.8 Å².